The second-order valence-electron chi connectivity index (χ2n) is 7.52. The summed E-state index contributed by atoms with van der Waals surface area (Å²) < 4.78 is 68.0. The molecule has 0 saturated heterocycles. The van der Waals surface area contributed by atoms with E-state index in [-0.39, 0.29) is 36.3 Å². The monoisotopic (exact) mass is 481 g/mol. The Morgan fingerprint density at radius 3 is 2.42 bits per heavy atom. The molecular formula is C21H18Cl2F5NO2. The van der Waals surface area contributed by atoms with Crippen LogP contribution in [0.1, 0.15) is 53.2 Å². The Labute approximate surface area is 185 Å². The lowest BCUT2D eigenvalue weighted by Gasteiger charge is -2.41. The maximum absolute atomic E-state index is 14.1. The molecule has 1 saturated carbocycles. The Hall–Kier alpha value is -1.90. The van der Waals surface area contributed by atoms with Crippen molar-refractivity contribution >= 4 is 29.1 Å². The van der Waals surface area contributed by atoms with Crippen LogP contribution in [-0.4, -0.2) is 22.8 Å². The van der Waals surface area contributed by atoms with E-state index >= 15 is 0 Å². The molecule has 3 rings (SSSR count). The summed E-state index contributed by atoms with van der Waals surface area (Å²) in [5.74, 6) is -2.02. The first-order chi connectivity index (χ1) is 14.4. The average molecular weight is 482 g/mol. The van der Waals surface area contributed by atoms with E-state index in [4.69, 9.17) is 23.2 Å². The van der Waals surface area contributed by atoms with Crippen LogP contribution in [0.25, 0.3) is 0 Å². The molecule has 0 heterocycles. The molecule has 2 N–H and O–H groups in total. The largest absolute Gasteiger partial charge is 0.417 e. The van der Waals surface area contributed by atoms with Crippen LogP contribution in [0, 0.1) is 5.82 Å². The zero-order chi connectivity index (χ0) is 23.0. The number of halogens is 7. The van der Waals surface area contributed by atoms with Gasteiger partial charge in [0.05, 0.1) is 27.8 Å². The lowest BCUT2D eigenvalue weighted by atomic mass is 9.76. The smallest absolute Gasteiger partial charge is 0.387 e. The van der Waals surface area contributed by atoms with Crippen LogP contribution in [0.2, 0.25) is 10.0 Å². The van der Waals surface area contributed by atoms with Gasteiger partial charge in [-0.1, -0.05) is 35.3 Å². The highest BCUT2D eigenvalue weighted by Crippen LogP contribution is 2.42. The van der Waals surface area contributed by atoms with E-state index in [1.165, 1.54) is 12.1 Å². The predicted octanol–water partition coefficient (Wildman–Crippen LogP) is 6.27. The number of aliphatic hydroxyl groups is 1. The number of carbonyl (C=O) groups is 1. The number of alkyl halides is 4. The molecule has 0 radical (unpaired) electrons. The van der Waals surface area contributed by atoms with E-state index in [0.717, 1.165) is 18.2 Å². The lowest BCUT2D eigenvalue weighted by Crippen LogP contribution is -2.49. The minimum absolute atomic E-state index is 0.0228. The highest BCUT2D eigenvalue weighted by molar-refractivity contribution is 6.31. The lowest BCUT2D eigenvalue weighted by molar-refractivity contribution is -0.137. The molecule has 31 heavy (non-hydrogen) atoms. The SMILES string of the molecule is O=C(NC(c1cccc(F)c1Cl)[C@]1(O)CC[C@@H](F)CC1)c1cc(Cl)ccc1C(F)(F)F. The third-order valence-electron chi connectivity index (χ3n) is 5.42. The number of rotatable bonds is 4. The van der Waals surface area contributed by atoms with Crippen molar-refractivity contribution in [3.8, 4) is 0 Å². The molecule has 1 amide bonds. The normalized spacial score (nSPS) is 22.8. The Morgan fingerprint density at radius 1 is 1.16 bits per heavy atom. The maximum atomic E-state index is 14.1. The van der Waals surface area contributed by atoms with Crippen molar-refractivity contribution in [2.24, 2.45) is 0 Å². The van der Waals surface area contributed by atoms with E-state index in [2.05, 4.69) is 5.32 Å². The Balaban J connectivity index is 2.05. The number of hydrogen-bond donors (Lipinski definition) is 2. The van der Waals surface area contributed by atoms with E-state index in [1.807, 2.05) is 0 Å². The van der Waals surface area contributed by atoms with Crippen LogP contribution in [0.15, 0.2) is 36.4 Å². The summed E-state index contributed by atoms with van der Waals surface area (Å²) in [5, 5.41) is 13.0. The molecule has 0 aliphatic heterocycles. The highest BCUT2D eigenvalue weighted by Gasteiger charge is 2.44. The summed E-state index contributed by atoms with van der Waals surface area (Å²) in [6.45, 7) is 0. The number of carbonyl (C=O) groups excluding carboxylic acids is 1. The third kappa shape index (κ3) is 5.13. The van der Waals surface area contributed by atoms with E-state index in [0.29, 0.717) is 6.07 Å². The Kier molecular flexibility index (Phi) is 6.84. The standard InChI is InChI=1S/C21H18Cl2F5NO2/c22-11-4-5-15(21(26,27)28)14(10-11)19(30)29-18(13-2-1-3-16(25)17(13)23)20(31)8-6-12(24)7-9-20/h1-5,10,12,18,31H,6-9H2,(H,29,30)/t12-,18?,20+. The van der Waals surface area contributed by atoms with Crippen molar-refractivity contribution in [2.45, 2.75) is 49.7 Å². The second-order valence-corrected chi connectivity index (χ2v) is 8.33. The van der Waals surface area contributed by atoms with Gasteiger partial charge in [-0.3, -0.25) is 4.79 Å². The van der Waals surface area contributed by atoms with Gasteiger partial charge in [-0.15, -0.1) is 0 Å². The van der Waals surface area contributed by atoms with Gasteiger partial charge >= 0.3 is 6.18 Å². The first kappa shape index (κ1) is 23.8. The van der Waals surface area contributed by atoms with Crippen molar-refractivity contribution in [1.29, 1.82) is 0 Å². The van der Waals surface area contributed by atoms with Gasteiger partial charge in [0.15, 0.2) is 0 Å². The van der Waals surface area contributed by atoms with Gasteiger partial charge in [0, 0.05) is 5.02 Å². The fraction of sp³-hybridized carbons (Fsp3) is 0.381. The minimum atomic E-state index is -4.84. The van der Waals surface area contributed by atoms with Crippen molar-refractivity contribution in [3.63, 3.8) is 0 Å². The van der Waals surface area contributed by atoms with Gasteiger partial charge in [-0.25, -0.2) is 8.78 Å². The molecule has 1 unspecified atom stereocenters. The molecule has 0 spiro atoms. The van der Waals surface area contributed by atoms with Crippen molar-refractivity contribution < 1.29 is 31.9 Å². The number of benzene rings is 2. The van der Waals surface area contributed by atoms with Crippen molar-refractivity contribution in [1.82, 2.24) is 5.32 Å². The summed E-state index contributed by atoms with van der Waals surface area (Å²) >= 11 is 11.8. The maximum Gasteiger partial charge on any atom is 0.417 e. The first-order valence-corrected chi connectivity index (χ1v) is 10.2. The number of amides is 1. The zero-order valence-electron chi connectivity index (χ0n) is 15.9. The van der Waals surface area contributed by atoms with E-state index < -0.39 is 51.9 Å². The summed E-state index contributed by atoms with van der Waals surface area (Å²) in [7, 11) is 0. The molecule has 1 aliphatic carbocycles. The molecule has 1 fully saturated rings. The van der Waals surface area contributed by atoms with Crippen LogP contribution >= 0.6 is 23.2 Å². The van der Waals surface area contributed by atoms with Crippen LogP contribution in [-0.2, 0) is 6.18 Å². The molecule has 2 aromatic rings. The molecular weight excluding hydrogens is 464 g/mol. The van der Waals surface area contributed by atoms with Gasteiger partial charge in [0.25, 0.3) is 5.91 Å². The van der Waals surface area contributed by atoms with Crippen LogP contribution < -0.4 is 5.32 Å². The molecule has 0 bridgehead atoms. The predicted molar refractivity (Wildman–Crippen MR) is 106 cm³/mol. The summed E-state index contributed by atoms with van der Waals surface area (Å²) in [5.41, 5.74) is -3.75. The van der Waals surface area contributed by atoms with Crippen molar-refractivity contribution in [2.75, 3.05) is 0 Å². The number of hydrogen-bond acceptors (Lipinski definition) is 2. The van der Waals surface area contributed by atoms with Crippen LogP contribution in [0.4, 0.5) is 22.0 Å². The molecule has 2 aromatic carbocycles. The first-order valence-electron chi connectivity index (χ1n) is 9.40. The van der Waals surface area contributed by atoms with Crippen LogP contribution in [0.5, 0.6) is 0 Å². The quantitative estimate of drug-likeness (QED) is 0.505. The molecule has 168 valence electrons. The highest BCUT2D eigenvalue weighted by atomic mass is 35.5. The fourth-order valence-corrected chi connectivity index (χ4v) is 4.18. The van der Waals surface area contributed by atoms with E-state index in [9.17, 15) is 31.9 Å². The van der Waals surface area contributed by atoms with Crippen LogP contribution in [0.3, 0.4) is 0 Å². The van der Waals surface area contributed by atoms with Gasteiger partial charge in [0.1, 0.15) is 12.0 Å². The Bertz CT molecular complexity index is 975. The van der Waals surface area contributed by atoms with Gasteiger partial charge in [-0.05, 0) is 55.5 Å². The van der Waals surface area contributed by atoms with Gasteiger partial charge in [0.2, 0.25) is 0 Å². The molecule has 0 aromatic heterocycles. The summed E-state index contributed by atoms with van der Waals surface area (Å²) in [6.07, 6.45) is -6.26. The minimum Gasteiger partial charge on any atom is -0.387 e. The van der Waals surface area contributed by atoms with Crippen molar-refractivity contribution in [3.05, 3.63) is 69.0 Å². The average Bonchev–Trinajstić information content (AvgIpc) is 2.69. The van der Waals surface area contributed by atoms with E-state index in [1.54, 1.807) is 0 Å². The summed E-state index contributed by atoms with van der Waals surface area (Å²) in [4.78, 5) is 12.9. The van der Waals surface area contributed by atoms with Gasteiger partial charge in [-0.2, -0.15) is 13.2 Å². The van der Waals surface area contributed by atoms with Gasteiger partial charge < -0.3 is 10.4 Å². The number of nitrogens with one attached hydrogen (secondary N) is 1. The second kappa shape index (κ2) is 8.92. The molecule has 1 atom stereocenters. The topological polar surface area (TPSA) is 49.3 Å². The fourth-order valence-electron chi connectivity index (χ4n) is 3.78. The molecule has 1 aliphatic rings. The zero-order valence-corrected chi connectivity index (χ0v) is 17.5. The molecule has 10 heteroatoms. The molecule has 3 nitrogen and oxygen atoms in total. The summed E-state index contributed by atoms with van der Waals surface area (Å²) in [6, 6.07) is 4.84. The third-order valence-corrected chi connectivity index (χ3v) is 6.05. The Morgan fingerprint density at radius 2 is 1.81 bits per heavy atom.